The van der Waals surface area contributed by atoms with E-state index in [1.54, 1.807) is 12.1 Å². The first-order chi connectivity index (χ1) is 15.8. The van der Waals surface area contributed by atoms with Crippen molar-refractivity contribution in [1.29, 1.82) is 0 Å². The third kappa shape index (κ3) is 7.72. The molecule has 1 aliphatic rings. The van der Waals surface area contributed by atoms with E-state index in [1.807, 2.05) is 6.07 Å². The summed E-state index contributed by atoms with van der Waals surface area (Å²) in [5, 5.41) is 8.91. The first kappa shape index (κ1) is 26.0. The van der Waals surface area contributed by atoms with Crippen LogP contribution in [0.2, 0.25) is 0 Å². The van der Waals surface area contributed by atoms with Gasteiger partial charge in [0.2, 0.25) is 0 Å². The predicted octanol–water partition coefficient (Wildman–Crippen LogP) is 6.90. The molecule has 0 radical (unpaired) electrons. The fourth-order valence-corrected chi connectivity index (χ4v) is 6.09. The van der Waals surface area contributed by atoms with E-state index in [4.69, 9.17) is 21.4 Å². The first-order valence-corrected chi connectivity index (χ1v) is 12.7. The Balaban J connectivity index is 1.44. The summed E-state index contributed by atoms with van der Waals surface area (Å²) in [4.78, 5) is 13.5. The lowest BCUT2D eigenvalue weighted by Gasteiger charge is -2.22. The first-order valence-electron chi connectivity index (χ1n) is 11.4. The molecule has 1 aliphatic carbocycles. The summed E-state index contributed by atoms with van der Waals surface area (Å²) in [5.74, 6) is 0.519. The number of benzene rings is 1. The maximum atomic E-state index is 12.9. The summed E-state index contributed by atoms with van der Waals surface area (Å²) in [5.41, 5.74) is 0.144. The van der Waals surface area contributed by atoms with Gasteiger partial charge in [-0.25, -0.2) is 4.79 Å². The van der Waals surface area contributed by atoms with Gasteiger partial charge in [0.15, 0.2) is 0 Å². The van der Waals surface area contributed by atoms with Crippen LogP contribution in [0.4, 0.5) is 13.2 Å². The Kier molecular flexibility index (Phi) is 9.65. The third-order valence-electron chi connectivity index (χ3n) is 6.33. The van der Waals surface area contributed by atoms with E-state index in [-0.39, 0.29) is 18.6 Å². The number of aliphatic hydroxyl groups is 1. The van der Waals surface area contributed by atoms with Gasteiger partial charge < -0.3 is 9.84 Å². The number of aryl methyl sites for hydroxylation is 2. The number of alkyl halides is 4. The van der Waals surface area contributed by atoms with Gasteiger partial charge in [-0.1, -0.05) is 18.2 Å². The molecule has 33 heavy (non-hydrogen) atoms. The molecule has 1 fully saturated rings. The second kappa shape index (κ2) is 12.2. The number of ether oxygens (including phenoxy) is 1. The fourth-order valence-electron chi connectivity index (χ4n) is 4.69. The van der Waals surface area contributed by atoms with Crippen LogP contribution in [-0.2, 0) is 23.8 Å². The second-order valence-corrected chi connectivity index (χ2v) is 10.4. The van der Waals surface area contributed by atoms with Gasteiger partial charge in [0.1, 0.15) is 11.5 Å². The smallest absolute Gasteiger partial charge is 0.416 e. The Hall–Kier alpha value is -1.57. The number of carbonyl (C=O) groups excluding carboxylic acids is 1. The predicted molar refractivity (Wildman–Crippen MR) is 125 cm³/mol. The average Bonchev–Trinajstić information content (AvgIpc) is 3.39. The number of esters is 1. The van der Waals surface area contributed by atoms with Gasteiger partial charge in [0.05, 0.1) is 12.2 Å². The average molecular weight is 503 g/mol. The summed E-state index contributed by atoms with van der Waals surface area (Å²) in [6.07, 6.45) is 3.08. The molecule has 0 amide bonds. The van der Waals surface area contributed by atoms with E-state index in [9.17, 15) is 18.0 Å². The number of halogens is 4. The van der Waals surface area contributed by atoms with Crippen molar-refractivity contribution in [2.24, 2.45) is 11.8 Å². The summed E-state index contributed by atoms with van der Waals surface area (Å²) >= 11 is 8.03. The lowest BCUT2D eigenvalue weighted by Crippen LogP contribution is -2.16. The highest BCUT2D eigenvalue weighted by molar-refractivity contribution is 7.13. The third-order valence-corrected chi connectivity index (χ3v) is 7.99. The Morgan fingerprint density at radius 2 is 1.91 bits per heavy atom. The van der Waals surface area contributed by atoms with E-state index < -0.39 is 17.7 Å². The highest BCUT2D eigenvalue weighted by Crippen LogP contribution is 2.41. The quantitative estimate of drug-likeness (QED) is 0.268. The lowest BCUT2D eigenvalue weighted by molar-refractivity contribution is -0.137. The normalized spacial score (nSPS) is 20.8. The summed E-state index contributed by atoms with van der Waals surface area (Å²) in [6.45, 7) is -0.188. The maximum Gasteiger partial charge on any atom is 0.416 e. The molecule has 3 rings (SSSR count). The SMILES string of the molecule is O=C(OCCO)c1ccc(CCC[C@@H]2[C@@H](CCCc3cccc(C(F)(F)F)c3)CC[C@H]2Cl)s1. The number of aliphatic hydroxyl groups excluding tert-OH is 1. The molecule has 2 aromatic rings. The Morgan fingerprint density at radius 3 is 2.67 bits per heavy atom. The van der Waals surface area contributed by atoms with Crippen molar-refractivity contribution in [3.63, 3.8) is 0 Å². The van der Waals surface area contributed by atoms with Crippen LogP contribution in [0.15, 0.2) is 36.4 Å². The number of thiophene rings is 1. The van der Waals surface area contributed by atoms with Crippen LogP contribution in [0.5, 0.6) is 0 Å². The van der Waals surface area contributed by atoms with Crippen molar-refractivity contribution in [3.8, 4) is 0 Å². The van der Waals surface area contributed by atoms with Crippen LogP contribution in [0.1, 0.15) is 64.2 Å². The van der Waals surface area contributed by atoms with E-state index >= 15 is 0 Å². The topological polar surface area (TPSA) is 46.5 Å². The van der Waals surface area contributed by atoms with Crippen LogP contribution in [0.25, 0.3) is 0 Å². The van der Waals surface area contributed by atoms with Gasteiger partial charge in [-0.15, -0.1) is 22.9 Å². The van der Waals surface area contributed by atoms with Gasteiger partial charge in [-0.2, -0.15) is 13.2 Å². The Bertz CT molecular complexity index is 899. The summed E-state index contributed by atoms with van der Waals surface area (Å²) in [6, 6.07) is 9.32. The van der Waals surface area contributed by atoms with E-state index in [0.29, 0.717) is 23.1 Å². The van der Waals surface area contributed by atoms with Crippen molar-refractivity contribution in [1.82, 2.24) is 0 Å². The second-order valence-electron chi connectivity index (χ2n) is 8.63. The molecule has 1 N–H and O–H groups in total. The van der Waals surface area contributed by atoms with E-state index in [1.165, 1.54) is 23.5 Å². The molecule has 1 aromatic carbocycles. The van der Waals surface area contributed by atoms with Crippen LogP contribution >= 0.6 is 22.9 Å². The molecule has 0 unspecified atom stereocenters. The molecule has 0 bridgehead atoms. The number of rotatable bonds is 11. The van der Waals surface area contributed by atoms with Gasteiger partial charge in [-0.3, -0.25) is 0 Å². The van der Waals surface area contributed by atoms with Crippen LogP contribution in [0.3, 0.4) is 0 Å². The van der Waals surface area contributed by atoms with E-state index in [0.717, 1.165) is 61.5 Å². The minimum atomic E-state index is -4.30. The molecule has 1 saturated carbocycles. The molecular formula is C25H30ClF3O3S. The Morgan fingerprint density at radius 1 is 1.12 bits per heavy atom. The van der Waals surface area contributed by atoms with E-state index in [2.05, 4.69) is 0 Å². The minimum absolute atomic E-state index is 0.00000971. The van der Waals surface area contributed by atoms with Crippen LogP contribution in [0, 0.1) is 11.8 Å². The summed E-state index contributed by atoms with van der Waals surface area (Å²) in [7, 11) is 0. The highest BCUT2D eigenvalue weighted by atomic mass is 35.5. The van der Waals surface area contributed by atoms with Gasteiger partial charge >= 0.3 is 12.1 Å². The van der Waals surface area contributed by atoms with Crippen LogP contribution in [-0.4, -0.2) is 29.7 Å². The molecular weight excluding hydrogens is 473 g/mol. The molecule has 0 aliphatic heterocycles. The van der Waals surface area contributed by atoms with Gasteiger partial charge in [0.25, 0.3) is 0 Å². The monoisotopic (exact) mass is 502 g/mol. The van der Waals surface area contributed by atoms with Crippen molar-refractivity contribution in [3.05, 3.63) is 57.3 Å². The molecule has 0 saturated heterocycles. The largest absolute Gasteiger partial charge is 0.459 e. The number of hydrogen-bond acceptors (Lipinski definition) is 4. The molecule has 3 atom stereocenters. The molecule has 1 heterocycles. The van der Waals surface area contributed by atoms with Crippen molar-refractivity contribution in [2.45, 2.75) is 62.9 Å². The zero-order valence-electron chi connectivity index (χ0n) is 18.5. The standard InChI is InChI=1S/C25H30ClF3O3S/c26-22-12-10-18(6-1-4-17-5-2-7-19(16-17)25(27,28)29)21(22)9-3-8-20-11-13-23(33-20)24(31)32-15-14-30/h2,5,7,11,13,16,18,21-22,30H,1,3-4,6,8-10,12,14-15H2/t18-,21+,22+/m0/s1. The maximum absolute atomic E-state index is 12.9. The van der Waals surface area contributed by atoms with Crippen molar-refractivity contribution < 1.29 is 27.8 Å². The molecule has 1 aromatic heterocycles. The fraction of sp³-hybridized carbons (Fsp3) is 0.560. The van der Waals surface area contributed by atoms with Gasteiger partial charge in [0, 0.05) is 10.3 Å². The zero-order valence-corrected chi connectivity index (χ0v) is 20.0. The Labute approximate surface area is 201 Å². The summed E-state index contributed by atoms with van der Waals surface area (Å²) < 4.78 is 43.7. The molecule has 182 valence electrons. The molecule has 8 heteroatoms. The highest BCUT2D eigenvalue weighted by Gasteiger charge is 2.34. The molecule has 3 nitrogen and oxygen atoms in total. The minimum Gasteiger partial charge on any atom is -0.459 e. The van der Waals surface area contributed by atoms with Crippen LogP contribution < -0.4 is 0 Å². The number of hydrogen-bond donors (Lipinski definition) is 1. The number of carbonyl (C=O) groups is 1. The van der Waals surface area contributed by atoms with Crippen molar-refractivity contribution >= 4 is 28.9 Å². The molecule has 0 spiro atoms. The van der Waals surface area contributed by atoms with Gasteiger partial charge in [-0.05, 0) is 87.0 Å². The van der Waals surface area contributed by atoms with Crippen molar-refractivity contribution in [2.75, 3.05) is 13.2 Å². The lowest BCUT2D eigenvalue weighted by atomic mass is 9.86. The zero-order chi connectivity index (χ0) is 23.8.